The van der Waals surface area contributed by atoms with Crippen LogP contribution in [0.4, 0.5) is 0 Å². The molecule has 0 unspecified atom stereocenters. The molecule has 0 heterocycles. The van der Waals surface area contributed by atoms with Gasteiger partial charge in [0.15, 0.2) is 0 Å². The van der Waals surface area contributed by atoms with Crippen molar-refractivity contribution in [1.29, 1.82) is 0 Å². The van der Waals surface area contributed by atoms with E-state index in [2.05, 4.69) is 0 Å². The summed E-state index contributed by atoms with van der Waals surface area (Å²) in [4.78, 5) is 0. The predicted molar refractivity (Wildman–Crippen MR) is 50.7 cm³/mol. The Morgan fingerprint density at radius 3 is 0.250 bits per heavy atom. The van der Waals surface area contributed by atoms with Crippen LogP contribution in [0.3, 0.4) is 0 Å². The van der Waals surface area contributed by atoms with Gasteiger partial charge in [-0.25, -0.2) is 0 Å². The molecule has 0 aliphatic heterocycles. The van der Waals surface area contributed by atoms with E-state index in [1.807, 2.05) is 0 Å². The fraction of sp³-hybridized carbons (Fsp3) is 0. The van der Waals surface area contributed by atoms with E-state index in [0.29, 0.717) is 0 Å². The Bertz CT molecular complexity index is 6.49. The van der Waals surface area contributed by atoms with Crippen molar-refractivity contribution in [2.45, 2.75) is 0 Å². The lowest BCUT2D eigenvalue weighted by atomic mass is 16.0. The lowest BCUT2D eigenvalue weighted by Crippen LogP contribution is -0.290. The van der Waals surface area contributed by atoms with Crippen LogP contribution in [0, 0.1) is 0 Å². The van der Waals surface area contributed by atoms with E-state index in [1.165, 1.54) is 0 Å². The van der Waals surface area contributed by atoms with Gasteiger partial charge in [0.05, 0.1) is 0 Å². The summed E-state index contributed by atoms with van der Waals surface area (Å²) < 4.78 is 0. The molecule has 0 radical (unpaired) electrons. The normalized spacial score (nSPS) is 0. The van der Waals surface area contributed by atoms with E-state index in [1.54, 1.807) is 0 Å². The monoisotopic (exact) mass is 252 g/mol. The van der Waals surface area contributed by atoms with E-state index < -0.39 is 0 Å². The fourth-order valence-electron chi connectivity index (χ4n) is 0. The van der Waals surface area contributed by atoms with Gasteiger partial charge in [0.25, 0.3) is 0 Å². The third kappa shape index (κ3) is 123. The van der Waals surface area contributed by atoms with Gasteiger partial charge in [-0.15, -0.1) is 74.4 Å². The zero-order valence-corrected chi connectivity index (χ0v) is 8.35. The first-order valence-corrected chi connectivity index (χ1v) is 0. The Labute approximate surface area is 85.2 Å². The molecule has 4 N–H and O–H groups in total. The first kappa shape index (κ1) is 263. The van der Waals surface area contributed by atoms with E-state index in [-0.39, 0.29) is 85.4 Å². The van der Waals surface area contributed by atoms with Crippen molar-refractivity contribution >= 4 is 74.4 Å². The molecule has 0 saturated carbocycles. The van der Waals surface area contributed by atoms with Gasteiger partial charge < -0.3 is 11.0 Å². The van der Waals surface area contributed by atoms with Crippen LogP contribution >= 0.6 is 74.4 Å². The third-order valence-electron chi connectivity index (χ3n) is 0. The molecule has 2 nitrogen and oxygen atoms in total. The molecule has 8 heavy (non-hydrogen) atoms. The lowest BCUT2D eigenvalue weighted by molar-refractivity contribution is 0.823. The van der Waals surface area contributed by atoms with Gasteiger partial charge in [-0.05, 0) is 0 Å². The summed E-state index contributed by atoms with van der Waals surface area (Å²) in [7, 11) is 0. The molecule has 0 bridgehead atoms. The molecule has 0 spiro atoms. The zero-order chi connectivity index (χ0) is 0. The van der Waals surface area contributed by atoms with E-state index in [9.17, 15) is 0 Å². The minimum absolute atomic E-state index is 0. The average Bonchev–Trinajstić information content (AvgIpc) is 0. The highest BCUT2D eigenvalue weighted by Gasteiger charge is -0.142. The fourth-order valence-corrected chi connectivity index (χ4v) is 0. The summed E-state index contributed by atoms with van der Waals surface area (Å²) >= 11 is 0. The van der Waals surface area contributed by atoms with Crippen LogP contribution in [0.15, 0.2) is 0 Å². The summed E-state index contributed by atoms with van der Waals surface area (Å²) in [5.74, 6) is 0. The van der Waals surface area contributed by atoms with Gasteiger partial charge in [0.1, 0.15) is 0 Å². The molecule has 8 heteroatoms. The van der Waals surface area contributed by atoms with Gasteiger partial charge >= 0.3 is 0 Å². The van der Waals surface area contributed by atoms with Crippen LogP contribution in [-0.4, -0.2) is 11.0 Å². The summed E-state index contributed by atoms with van der Waals surface area (Å²) in [6.07, 6.45) is 0. The third-order valence-corrected chi connectivity index (χ3v) is 0. The summed E-state index contributed by atoms with van der Waals surface area (Å²) in [5, 5.41) is 0. The minimum atomic E-state index is 0. The molecule has 64 valence electrons. The smallest absolute Gasteiger partial charge is 0.147 e. The van der Waals surface area contributed by atoms with Crippen molar-refractivity contribution in [2.75, 3.05) is 0 Å². The maximum Gasteiger partial charge on any atom is -0.147 e. The molecule has 0 aliphatic carbocycles. The Balaban J connectivity index is 0. The van der Waals surface area contributed by atoms with Crippen LogP contribution in [0.1, 0.15) is 0 Å². The largest absolute Gasteiger partial charge is 0.412 e. The second-order valence-electron chi connectivity index (χ2n) is 0. The second-order valence-corrected chi connectivity index (χ2v) is 0. The first-order chi connectivity index (χ1) is 0. The van der Waals surface area contributed by atoms with Gasteiger partial charge in [0.2, 0.25) is 0 Å². The maximum absolute atomic E-state index is 0. The summed E-state index contributed by atoms with van der Waals surface area (Å²) in [6.45, 7) is 0. The van der Waals surface area contributed by atoms with Crippen LogP contribution in [-0.2, 0) is 0 Å². The molecule has 0 fully saturated rings. The molecule has 0 aliphatic rings. The quantitative estimate of drug-likeness (QED) is 0.616. The van der Waals surface area contributed by atoms with Crippen LogP contribution in [0.5, 0.6) is 0 Å². The molecule has 0 amide bonds. The Morgan fingerprint density at radius 1 is 0.250 bits per heavy atom. The second kappa shape index (κ2) is 184. The molecule has 0 aromatic heterocycles. The van der Waals surface area contributed by atoms with Gasteiger partial charge in [-0.3, -0.25) is 0 Å². The summed E-state index contributed by atoms with van der Waals surface area (Å²) in [5.41, 5.74) is 0. The minimum Gasteiger partial charge on any atom is -0.412 e. The SMILES string of the molecule is Cl.Cl.Cl.Cl.Cl.Cl.O.O. The number of hydrogen-bond acceptors (Lipinski definition) is 0. The van der Waals surface area contributed by atoms with Gasteiger partial charge in [-0.2, -0.15) is 0 Å². The molecule has 0 aromatic carbocycles. The average molecular weight is 255 g/mol. The van der Waals surface area contributed by atoms with Crippen LogP contribution < -0.4 is 0 Å². The molecule has 0 aromatic rings. The Kier molecular flexibility index (Phi) is 6060. The van der Waals surface area contributed by atoms with Crippen molar-refractivity contribution in [1.82, 2.24) is 0 Å². The highest BCUT2D eigenvalue weighted by atomic mass is 35.5. The van der Waals surface area contributed by atoms with Gasteiger partial charge in [-0.1, -0.05) is 0 Å². The molecular weight excluding hydrogens is 245 g/mol. The first-order valence-electron chi connectivity index (χ1n) is 0. The van der Waals surface area contributed by atoms with E-state index >= 15 is 0 Å². The Morgan fingerprint density at radius 2 is 0.250 bits per heavy atom. The topological polar surface area (TPSA) is 63.0 Å². The zero-order valence-electron chi connectivity index (χ0n) is 3.45. The van der Waals surface area contributed by atoms with Crippen molar-refractivity contribution in [3.05, 3.63) is 0 Å². The standard InChI is InChI=1S/6ClH.2H2O/h6*1H;2*1H2. The molecular formula is H10Cl6O2. The van der Waals surface area contributed by atoms with Crippen molar-refractivity contribution in [3.8, 4) is 0 Å². The maximum atomic E-state index is 0. The number of hydrogen-bond donors (Lipinski definition) is 0. The molecule has 0 saturated heterocycles. The predicted octanol–water partition coefficient (Wildman–Crippen LogP) is 0.881. The van der Waals surface area contributed by atoms with Gasteiger partial charge in [0, 0.05) is 0 Å². The summed E-state index contributed by atoms with van der Waals surface area (Å²) in [6, 6.07) is 0. The van der Waals surface area contributed by atoms with Crippen LogP contribution in [0.2, 0.25) is 0 Å². The highest BCUT2D eigenvalue weighted by Crippen LogP contribution is 0.695. The van der Waals surface area contributed by atoms with Crippen LogP contribution in [0.25, 0.3) is 0 Å². The number of halogens is 6. The molecule has 0 rings (SSSR count). The Hall–Kier alpha value is 1.66. The molecule has 0 atom stereocenters. The highest BCUT2D eigenvalue weighted by molar-refractivity contribution is 5.86. The van der Waals surface area contributed by atoms with Crippen molar-refractivity contribution in [3.63, 3.8) is 0 Å². The van der Waals surface area contributed by atoms with E-state index in [0.717, 1.165) is 0 Å². The lowest BCUT2D eigenvalue weighted by Gasteiger charge is -0.413. The van der Waals surface area contributed by atoms with E-state index in [4.69, 9.17) is 0 Å². The number of rotatable bonds is 0. The van der Waals surface area contributed by atoms with Crippen molar-refractivity contribution in [2.24, 2.45) is 0 Å². The van der Waals surface area contributed by atoms with Crippen molar-refractivity contribution < 1.29 is 11.0 Å².